The first-order valence-electron chi connectivity index (χ1n) is 7.16. The molecule has 1 aliphatic heterocycles. The molecule has 1 fully saturated rings. The first-order valence-corrected chi connectivity index (χ1v) is 7.54. The van der Waals surface area contributed by atoms with E-state index < -0.39 is 0 Å². The van der Waals surface area contributed by atoms with Crippen LogP contribution < -0.4 is 5.73 Å². The number of rotatable bonds is 1. The number of hydrogen-bond acceptors (Lipinski definition) is 3. The Kier molecular flexibility index (Phi) is 3.83. The second kappa shape index (κ2) is 5.62. The van der Waals surface area contributed by atoms with Crippen LogP contribution in [0.3, 0.4) is 0 Å². The van der Waals surface area contributed by atoms with E-state index in [4.69, 9.17) is 17.3 Å². The minimum absolute atomic E-state index is 0.0305. The Balaban J connectivity index is 2.04. The summed E-state index contributed by atoms with van der Waals surface area (Å²) in [6.45, 7) is 3.28. The number of likely N-dealkylation sites (tertiary alicyclic amines) is 1. The Labute approximate surface area is 128 Å². The minimum atomic E-state index is 0.0305. The summed E-state index contributed by atoms with van der Waals surface area (Å²) in [6.07, 6.45) is 1.94. The topological polar surface area (TPSA) is 59.2 Å². The molecule has 1 aromatic heterocycles. The van der Waals surface area contributed by atoms with Crippen LogP contribution in [0.1, 0.15) is 28.9 Å². The van der Waals surface area contributed by atoms with E-state index in [1.807, 2.05) is 24.0 Å². The van der Waals surface area contributed by atoms with E-state index in [-0.39, 0.29) is 11.9 Å². The van der Waals surface area contributed by atoms with Gasteiger partial charge in [0, 0.05) is 35.2 Å². The minimum Gasteiger partial charge on any atom is -0.337 e. The van der Waals surface area contributed by atoms with Crippen molar-refractivity contribution in [2.45, 2.75) is 25.8 Å². The van der Waals surface area contributed by atoms with Gasteiger partial charge in [-0.15, -0.1) is 0 Å². The molecule has 2 aromatic rings. The van der Waals surface area contributed by atoms with Crippen LogP contribution >= 0.6 is 11.6 Å². The van der Waals surface area contributed by atoms with Crippen molar-refractivity contribution in [1.82, 2.24) is 9.88 Å². The van der Waals surface area contributed by atoms with Crippen molar-refractivity contribution < 1.29 is 4.79 Å². The van der Waals surface area contributed by atoms with Crippen LogP contribution in [0.2, 0.25) is 5.02 Å². The summed E-state index contributed by atoms with van der Waals surface area (Å²) in [5.41, 5.74) is 8.23. The van der Waals surface area contributed by atoms with Gasteiger partial charge in [-0.3, -0.25) is 9.78 Å². The molecule has 1 atom stereocenters. The summed E-state index contributed by atoms with van der Waals surface area (Å²) in [5.74, 6) is 0.0305. The monoisotopic (exact) mass is 303 g/mol. The lowest BCUT2D eigenvalue weighted by Gasteiger charge is -2.31. The zero-order valence-corrected chi connectivity index (χ0v) is 12.7. The van der Waals surface area contributed by atoms with Gasteiger partial charge in [0.2, 0.25) is 0 Å². The van der Waals surface area contributed by atoms with Gasteiger partial charge in [0.1, 0.15) is 0 Å². The maximum absolute atomic E-state index is 12.8. The van der Waals surface area contributed by atoms with E-state index >= 15 is 0 Å². The molecular weight excluding hydrogens is 286 g/mol. The first-order chi connectivity index (χ1) is 10.0. The molecule has 1 amide bonds. The van der Waals surface area contributed by atoms with Gasteiger partial charge in [0.15, 0.2) is 0 Å². The van der Waals surface area contributed by atoms with Crippen LogP contribution in [0, 0.1) is 6.92 Å². The summed E-state index contributed by atoms with van der Waals surface area (Å²) in [4.78, 5) is 19.1. The van der Waals surface area contributed by atoms with Crippen LogP contribution in [0.25, 0.3) is 10.9 Å². The predicted molar refractivity (Wildman–Crippen MR) is 84.6 cm³/mol. The Morgan fingerprint density at radius 2 is 2.24 bits per heavy atom. The summed E-state index contributed by atoms with van der Waals surface area (Å²) >= 11 is 6.02. The highest BCUT2D eigenvalue weighted by Gasteiger charge is 2.24. The molecule has 0 unspecified atom stereocenters. The lowest BCUT2D eigenvalue weighted by atomic mass is 10.0. The van der Waals surface area contributed by atoms with Crippen LogP contribution in [0.15, 0.2) is 24.3 Å². The zero-order chi connectivity index (χ0) is 15.0. The molecule has 2 N–H and O–H groups in total. The molecule has 1 aromatic carbocycles. The van der Waals surface area contributed by atoms with Crippen LogP contribution in [-0.4, -0.2) is 34.9 Å². The number of carbonyl (C=O) groups excluding carboxylic acids is 1. The van der Waals surface area contributed by atoms with Crippen molar-refractivity contribution in [3.05, 3.63) is 40.5 Å². The van der Waals surface area contributed by atoms with Gasteiger partial charge >= 0.3 is 0 Å². The number of pyridine rings is 1. The molecule has 21 heavy (non-hydrogen) atoms. The average molecular weight is 304 g/mol. The van der Waals surface area contributed by atoms with Crippen molar-refractivity contribution in [1.29, 1.82) is 0 Å². The standard InChI is InChI=1S/C16H18ClN3O/c1-10-7-14(13-5-4-11(17)8-15(13)19-10)16(21)20-6-2-3-12(18)9-20/h4-5,7-8,12H,2-3,6,9,18H2,1H3/t12-/m0/s1. The molecule has 4 nitrogen and oxygen atoms in total. The molecular formula is C16H18ClN3O. The molecule has 0 bridgehead atoms. The summed E-state index contributed by atoms with van der Waals surface area (Å²) in [7, 11) is 0. The Morgan fingerprint density at radius 3 is 3.00 bits per heavy atom. The molecule has 110 valence electrons. The number of amides is 1. The summed E-state index contributed by atoms with van der Waals surface area (Å²) < 4.78 is 0. The van der Waals surface area contributed by atoms with Gasteiger partial charge in [0.05, 0.1) is 11.1 Å². The molecule has 0 saturated carbocycles. The third-order valence-corrected chi connectivity index (χ3v) is 4.11. The number of nitrogens with zero attached hydrogens (tertiary/aromatic N) is 2. The maximum atomic E-state index is 12.8. The van der Waals surface area contributed by atoms with Gasteiger partial charge in [-0.2, -0.15) is 0 Å². The molecule has 1 aliphatic rings. The largest absolute Gasteiger partial charge is 0.337 e. The van der Waals surface area contributed by atoms with Gasteiger partial charge in [-0.25, -0.2) is 0 Å². The van der Waals surface area contributed by atoms with E-state index in [2.05, 4.69) is 4.98 Å². The van der Waals surface area contributed by atoms with Crippen molar-refractivity contribution in [3.63, 3.8) is 0 Å². The number of aryl methyl sites for hydroxylation is 1. The highest BCUT2D eigenvalue weighted by atomic mass is 35.5. The van der Waals surface area contributed by atoms with Crippen LogP contribution in [0.5, 0.6) is 0 Å². The molecule has 5 heteroatoms. The van der Waals surface area contributed by atoms with Gasteiger partial charge in [0.25, 0.3) is 5.91 Å². The highest BCUT2D eigenvalue weighted by Crippen LogP contribution is 2.24. The smallest absolute Gasteiger partial charge is 0.254 e. The van der Waals surface area contributed by atoms with Crippen molar-refractivity contribution >= 4 is 28.4 Å². The normalized spacial score (nSPS) is 19.0. The Morgan fingerprint density at radius 1 is 1.43 bits per heavy atom. The van der Waals surface area contributed by atoms with E-state index in [9.17, 15) is 4.79 Å². The fourth-order valence-electron chi connectivity index (χ4n) is 2.88. The molecule has 3 rings (SSSR count). The van der Waals surface area contributed by atoms with Gasteiger partial charge in [-0.05, 0) is 38.0 Å². The highest BCUT2D eigenvalue weighted by molar-refractivity contribution is 6.31. The molecule has 0 spiro atoms. The lowest BCUT2D eigenvalue weighted by molar-refractivity contribution is 0.0710. The number of nitrogens with two attached hydrogens (primary N) is 1. The van der Waals surface area contributed by atoms with E-state index in [1.54, 1.807) is 12.1 Å². The number of carbonyl (C=O) groups is 1. The number of hydrogen-bond donors (Lipinski definition) is 1. The third kappa shape index (κ3) is 2.87. The number of piperidine rings is 1. The quantitative estimate of drug-likeness (QED) is 0.881. The third-order valence-electron chi connectivity index (χ3n) is 3.88. The first kappa shape index (κ1) is 14.3. The molecule has 1 saturated heterocycles. The van der Waals surface area contributed by atoms with Gasteiger partial charge in [-0.1, -0.05) is 17.7 Å². The second-order valence-electron chi connectivity index (χ2n) is 5.63. The fourth-order valence-corrected chi connectivity index (χ4v) is 3.04. The van der Waals surface area contributed by atoms with Crippen molar-refractivity contribution in [2.24, 2.45) is 5.73 Å². The zero-order valence-electron chi connectivity index (χ0n) is 12.0. The lowest BCUT2D eigenvalue weighted by Crippen LogP contribution is -2.45. The number of halogens is 1. The Hall–Kier alpha value is -1.65. The molecule has 0 aliphatic carbocycles. The predicted octanol–water partition coefficient (Wildman–Crippen LogP) is 2.76. The van der Waals surface area contributed by atoms with Gasteiger partial charge < -0.3 is 10.6 Å². The fraction of sp³-hybridized carbons (Fsp3) is 0.375. The number of fused-ring (bicyclic) bond motifs is 1. The van der Waals surface area contributed by atoms with Crippen molar-refractivity contribution in [3.8, 4) is 0 Å². The van der Waals surface area contributed by atoms with E-state index in [1.165, 1.54) is 0 Å². The molecule has 2 heterocycles. The molecule has 0 radical (unpaired) electrons. The van der Waals surface area contributed by atoms with Crippen LogP contribution in [-0.2, 0) is 0 Å². The maximum Gasteiger partial charge on any atom is 0.254 e. The summed E-state index contributed by atoms with van der Waals surface area (Å²) in [5, 5.41) is 1.47. The Bertz CT molecular complexity index is 696. The number of benzene rings is 1. The summed E-state index contributed by atoms with van der Waals surface area (Å²) in [6, 6.07) is 7.37. The van der Waals surface area contributed by atoms with Crippen molar-refractivity contribution in [2.75, 3.05) is 13.1 Å². The van der Waals surface area contributed by atoms with E-state index in [0.29, 0.717) is 17.1 Å². The average Bonchev–Trinajstić information content (AvgIpc) is 2.45. The van der Waals surface area contributed by atoms with Crippen LogP contribution in [0.4, 0.5) is 0 Å². The second-order valence-corrected chi connectivity index (χ2v) is 6.06. The number of aromatic nitrogens is 1. The SMILES string of the molecule is Cc1cc(C(=O)N2CCC[C@H](N)C2)c2ccc(Cl)cc2n1. The van der Waals surface area contributed by atoms with E-state index in [0.717, 1.165) is 36.0 Å².